The van der Waals surface area contributed by atoms with E-state index in [1.807, 2.05) is 0 Å². The van der Waals surface area contributed by atoms with Crippen LogP contribution in [0.1, 0.15) is 45.0 Å². The summed E-state index contributed by atoms with van der Waals surface area (Å²) >= 11 is 0.886. The molecule has 3 aromatic rings. The Balaban J connectivity index is 1.93. The molecule has 1 saturated heterocycles. The average molecular weight is 565 g/mol. The number of amides is 1. The molecule has 1 aromatic heterocycles. The number of carbonyl (C=O) groups is 3. The molecule has 1 atom stereocenters. The number of aryl methyl sites for hydroxylation is 2. The van der Waals surface area contributed by atoms with Gasteiger partial charge < -0.3 is 24.4 Å². The molecule has 1 aliphatic heterocycles. The second kappa shape index (κ2) is 11.6. The first-order valence-electron chi connectivity index (χ1n) is 12.3. The number of methoxy groups -OCH3 is 1. The van der Waals surface area contributed by atoms with Crippen molar-refractivity contribution < 1.29 is 38.8 Å². The van der Waals surface area contributed by atoms with E-state index in [0.29, 0.717) is 28.1 Å². The summed E-state index contributed by atoms with van der Waals surface area (Å²) < 4.78 is 16.0. The van der Waals surface area contributed by atoms with Gasteiger partial charge in [-0.3, -0.25) is 14.5 Å². The van der Waals surface area contributed by atoms with Crippen LogP contribution in [0.15, 0.2) is 54.6 Å². The maximum atomic E-state index is 13.5. The molecule has 40 heavy (non-hydrogen) atoms. The quantitative estimate of drug-likeness (QED) is 0.123. The lowest BCUT2D eigenvalue weighted by atomic mass is 9.94. The van der Waals surface area contributed by atoms with Gasteiger partial charge in [0, 0.05) is 5.56 Å². The average Bonchev–Trinajstić information content (AvgIpc) is 3.44. The zero-order valence-electron chi connectivity index (χ0n) is 22.4. The molecule has 0 saturated carbocycles. The van der Waals surface area contributed by atoms with Crippen molar-refractivity contribution >= 4 is 39.9 Å². The summed E-state index contributed by atoms with van der Waals surface area (Å²) in [7, 11) is 1.52. The van der Waals surface area contributed by atoms with Gasteiger partial charge in [0.25, 0.3) is 5.78 Å². The maximum Gasteiger partial charge on any atom is 0.350 e. The largest absolute Gasteiger partial charge is 0.507 e. The van der Waals surface area contributed by atoms with Gasteiger partial charge in [-0.15, -0.1) is 0 Å². The monoisotopic (exact) mass is 564 g/mol. The molecule has 0 spiro atoms. The van der Waals surface area contributed by atoms with Gasteiger partial charge in [-0.2, -0.15) is 0 Å². The van der Waals surface area contributed by atoms with E-state index in [2.05, 4.69) is 11.6 Å². The van der Waals surface area contributed by atoms with Crippen molar-refractivity contribution in [3.05, 3.63) is 81.9 Å². The Hall–Kier alpha value is -4.64. The Kier molecular flexibility index (Phi) is 8.24. The van der Waals surface area contributed by atoms with E-state index < -0.39 is 29.5 Å². The predicted octanol–water partition coefficient (Wildman–Crippen LogP) is 4.84. The number of benzene rings is 2. The maximum absolute atomic E-state index is 13.5. The molecule has 208 valence electrons. The number of aromatic nitrogens is 1. The van der Waals surface area contributed by atoms with Gasteiger partial charge >= 0.3 is 11.9 Å². The normalized spacial score (nSPS) is 16.2. The fraction of sp³-hybridized carbons (Fsp3) is 0.241. The molecule has 10 nitrogen and oxygen atoms in total. The number of aliphatic hydroxyl groups is 1. The zero-order valence-corrected chi connectivity index (χ0v) is 23.2. The molecule has 1 fully saturated rings. The van der Waals surface area contributed by atoms with Gasteiger partial charge in [-0.05, 0) is 62.2 Å². The van der Waals surface area contributed by atoms with Crippen molar-refractivity contribution in [1.29, 1.82) is 0 Å². The lowest BCUT2D eigenvalue weighted by Crippen LogP contribution is -2.29. The topological polar surface area (TPSA) is 135 Å². The van der Waals surface area contributed by atoms with Gasteiger partial charge in [0.05, 0.1) is 31.0 Å². The van der Waals surface area contributed by atoms with Gasteiger partial charge in [0.2, 0.25) is 0 Å². The lowest BCUT2D eigenvalue weighted by molar-refractivity contribution is -0.132. The molecule has 0 radical (unpaired) electrons. The van der Waals surface area contributed by atoms with Gasteiger partial charge in [0.15, 0.2) is 16.6 Å². The van der Waals surface area contributed by atoms with Crippen molar-refractivity contribution in [2.45, 2.75) is 26.8 Å². The molecule has 11 heteroatoms. The minimum Gasteiger partial charge on any atom is -0.507 e. The zero-order chi connectivity index (χ0) is 29.1. The van der Waals surface area contributed by atoms with Gasteiger partial charge in [-0.25, -0.2) is 9.78 Å². The lowest BCUT2D eigenvalue weighted by Gasteiger charge is -2.23. The number of Topliss-reactive ketones (excluding diaryl/α,β-unsaturated/α-hetero) is 1. The molecule has 2 heterocycles. The summed E-state index contributed by atoms with van der Waals surface area (Å²) in [5.74, 6) is -2.34. The highest BCUT2D eigenvalue weighted by atomic mass is 32.1. The van der Waals surface area contributed by atoms with Crippen molar-refractivity contribution in [3.63, 3.8) is 0 Å². The summed E-state index contributed by atoms with van der Waals surface area (Å²) in [6, 6.07) is 8.11. The second-order valence-corrected chi connectivity index (χ2v) is 9.79. The minimum atomic E-state index is -1.15. The summed E-state index contributed by atoms with van der Waals surface area (Å²) in [5, 5.41) is 21.8. The Morgan fingerprint density at radius 3 is 2.58 bits per heavy atom. The van der Waals surface area contributed by atoms with Gasteiger partial charge in [0.1, 0.15) is 23.0 Å². The predicted molar refractivity (Wildman–Crippen MR) is 149 cm³/mol. The molecule has 0 unspecified atom stereocenters. The van der Waals surface area contributed by atoms with E-state index >= 15 is 0 Å². The van der Waals surface area contributed by atoms with Crippen LogP contribution in [0.3, 0.4) is 0 Å². The number of aromatic hydroxyl groups is 1. The van der Waals surface area contributed by atoms with Crippen molar-refractivity contribution in [3.8, 4) is 17.2 Å². The van der Waals surface area contributed by atoms with Crippen LogP contribution >= 0.6 is 11.3 Å². The Morgan fingerprint density at radius 1 is 1.18 bits per heavy atom. The fourth-order valence-electron chi connectivity index (χ4n) is 4.37. The van der Waals surface area contributed by atoms with Gasteiger partial charge in [-0.1, -0.05) is 30.1 Å². The number of hydrogen-bond acceptors (Lipinski definition) is 10. The summed E-state index contributed by atoms with van der Waals surface area (Å²) in [6.07, 6.45) is 1.43. The number of esters is 1. The van der Waals surface area contributed by atoms with Crippen LogP contribution in [0.4, 0.5) is 5.13 Å². The minimum absolute atomic E-state index is 0.00892. The smallest absolute Gasteiger partial charge is 0.350 e. The van der Waals surface area contributed by atoms with Crippen molar-refractivity contribution in [1.82, 2.24) is 4.98 Å². The van der Waals surface area contributed by atoms with Crippen LogP contribution in [-0.2, 0) is 14.3 Å². The van der Waals surface area contributed by atoms with E-state index in [-0.39, 0.29) is 40.3 Å². The molecule has 1 aliphatic rings. The number of aliphatic hydroxyl groups excluding tert-OH is 1. The number of ether oxygens (including phenoxy) is 3. The van der Waals surface area contributed by atoms with Crippen LogP contribution in [0, 0.1) is 13.8 Å². The second-order valence-electron chi connectivity index (χ2n) is 8.81. The van der Waals surface area contributed by atoms with E-state index in [1.54, 1.807) is 39.0 Å². The molecule has 2 aromatic carbocycles. The van der Waals surface area contributed by atoms with Crippen molar-refractivity contribution in [2.75, 3.05) is 25.2 Å². The number of ketones is 1. The highest BCUT2D eigenvalue weighted by Crippen LogP contribution is 2.45. The number of phenols is 1. The van der Waals surface area contributed by atoms with Crippen LogP contribution in [-0.4, -0.2) is 53.2 Å². The van der Waals surface area contributed by atoms with Crippen LogP contribution in [0.25, 0.3) is 5.76 Å². The van der Waals surface area contributed by atoms with E-state index in [0.717, 1.165) is 16.2 Å². The first-order chi connectivity index (χ1) is 19.1. The fourth-order valence-corrected chi connectivity index (χ4v) is 5.36. The SMILES string of the molecule is C=CCOC(=O)c1sc(N2C(=O)C(=O)C(=C(O)c3ccc(OC)c(C)c3)[C@@H]2c2ccc(O)c(OCC)c2)nc1C. The number of thiazole rings is 1. The highest BCUT2D eigenvalue weighted by molar-refractivity contribution is 7.17. The third kappa shape index (κ3) is 5.15. The Labute approximate surface area is 234 Å². The summed E-state index contributed by atoms with van der Waals surface area (Å²) in [6.45, 7) is 8.89. The van der Waals surface area contributed by atoms with E-state index in [1.165, 1.54) is 31.4 Å². The summed E-state index contributed by atoms with van der Waals surface area (Å²) in [5.41, 5.74) is 1.50. The molecule has 1 amide bonds. The number of anilines is 1. The van der Waals surface area contributed by atoms with Crippen molar-refractivity contribution in [2.24, 2.45) is 0 Å². The summed E-state index contributed by atoms with van der Waals surface area (Å²) in [4.78, 5) is 45.3. The first-order valence-corrected chi connectivity index (χ1v) is 13.1. The van der Waals surface area contributed by atoms with Crippen LogP contribution in [0.5, 0.6) is 17.2 Å². The van der Waals surface area contributed by atoms with E-state index in [4.69, 9.17) is 14.2 Å². The number of rotatable bonds is 9. The molecule has 2 N–H and O–H groups in total. The van der Waals surface area contributed by atoms with Crippen LogP contribution < -0.4 is 14.4 Å². The Bertz CT molecular complexity index is 1540. The third-order valence-corrected chi connectivity index (χ3v) is 7.36. The molecule has 0 aliphatic carbocycles. The number of phenolic OH excluding ortho intramolecular Hbond substituents is 1. The standard InChI is InChI=1S/C29H28N2O8S/c1-6-12-39-28(36)26-16(4)30-29(40-26)31-23(17-8-10-19(32)21(14-17)38-7-2)22(25(34)27(31)35)24(33)18-9-11-20(37-5)15(3)13-18/h6,8-11,13-14,23,32-33H,1,7,12H2,2-5H3/t23-/m0/s1. The number of nitrogens with zero attached hydrogens (tertiary/aromatic N) is 2. The number of hydrogen-bond donors (Lipinski definition) is 2. The van der Waals surface area contributed by atoms with Crippen LogP contribution in [0.2, 0.25) is 0 Å². The van der Waals surface area contributed by atoms with E-state index in [9.17, 15) is 24.6 Å². The number of carbonyl (C=O) groups excluding carboxylic acids is 3. The first kappa shape index (κ1) is 28.4. The molecule has 0 bridgehead atoms. The molecular weight excluding hydrogens is 536 g/mol. The molecule has 4 rings (SSSR count). The molecular formula is C29H28N2O8S. The highest BCUT2D eigenvalue weighted by Gasteiger charge is 2.48. The Morgan fingerprint density at radius 2 is 1.93 bits per heavy atom. The third-order valence-electron chi connectivity index (χ3n) is 6.22.